The molecule has 1 aromatic rings. The molecule has 1 aromatic heterocycles. The fourth-order valence-electron chi connectivity index (χ4n) is 0.965. The molecule has 0 unspecified atom stereocenters. The average molecular weight is 266 g/mol. The van der Waals surface area contributed by atoms with Gasteiger partial charge in [0.15, 0.2) is 0 Å². The van der Waals surface area contributed by atoms with E-state index in [0.29, 0.717) is 11.3 Å². The standard InChI is InChI=1S/C10H13N2O.Y/c1-7(2)12-10(13)9-4-5-11-8(3)6-9;/h4-7H,3H2,1-2H3,(H,12,13);/q-1;. The number of nitrogens with one attached hydrogen (secondary N) is 1. The molecule has 0 bridgehead atoms. The van der Waals surface area contributed by atoms with E-state index in [1.165, 1.54) is 0 Å². The summed E-state index contributed by atoms with van der Waals surface area (Å²) in [6.07, 6.45) is 1.58. The van der Waals surface area contributed by atoms with E-state index in [1.807, 2.05) is 13.8 Å². The molecule has 0 saturated heterocycles. The van der Waals surface area contributed by atoms with E-state index in [-0.39, 0.29) is 44.7 Å². The van der Waals surface area contributed by atoms with Crippen molar-refractivity contribution in [2.24, 2.45) is 0 Å². The smallest absolute Gasteiger partial charge is 0.233 e. The molecule has 0 aliphatic heterocycles. The molecular formula is C10H13N2OY-. The van der Waals surface area contributed by atoms with Gasteiger partial charge in [0.1, 0.15) is 0 Å². The first-order chi connectivity index (χ1) is 6.09. The van der Waals surface area contributed by atoms with Crippen LogP contribution in [0.15, 0.2) is 18.3 Å². The molecule has 0 saturated carbocycles. The summed E-state index contributed by atoms with van der Waals surface area (Å²) in [5.41, 5.74) is 1.21. The van der Waals surface area contributed by atoms with Crippen LogP contribution < -0.4 is 5.32 Å². The molecule has 1 N–H and O–H groups in total. The van der Waals surface area contributed by atoms with Crippen molar-refractivity contribution < 1.29 is 37.5 Å². The SMILES string of the molecule is [CH2-]c1cc(C(=O)NC(C)C)ccn1.[Y]. The summed E-state index contributed by atoms with van der Waals surface area (Å²) >= 11 is 0. The maximum absolute atomic E-state index is 11.4. The van der Waals surface area contributed by atoms with Gasteiger partial charge in [-0.05, 0) is 25.5 Å². The summed E-state index contributed by atoms with van der Waals surface area (Å²) in [6, 6.07) is 3.48. The summed E-state index contributed by atoms with van der Waals surface area (Å²) in [7, 11) is 0. The molecule has 73 valence electrons. The minimum atomic E-state index is -0.0812. The van der Waals surface area contributed by atoms with Crippen LogP contribution in [0.4, 0.5) is 0 Å². The van der Waals surface area contributed by atoms with Crippen molar-refractivity contribution in [2.75, 3.05) is 0 Å². The van der Waals surface area contributed by atoms with Gasteiger partial charge in [-0.2, -0.15) is 6.07 Å². The Balaban J connectivity index is 0.00000169. The van der Waals surface area contributed by atoms with Crippen LogP contribution in [0.2, 0.25) is 0 Å². The summed E-state index contributed by atoms with van der Waals surface area (Å²) in [5, 5.41) is 2.79. The normalized spacial score (nSPS) is 9.36. The minimum Gasteiger partial charge on any atom is -0.351 e. The molecule has 0 aliphatic rings. The maximum atomic E-state index is 11.4. The number of hydrogen-bond acceptors (Lipinski definition) is 2. The van der Waals surface area contributed by atoms with E-state index in [1.54, 1.807) is 18.3 Å². The third-order valence-electron chi connectivity index (χ3n) is 1.50. The molecule has 0 aliphatic carbocycles. The largest absolute Gasteiger partial charge is 0.351 e. The molecule has 4 heteroatoms. The molecule has 0 aromatic carbocycles. The molecule has 0 atom stereocenters. The fourth-order valence-corrected chi connectivity index (χ4v) is 0.965. The molecule has 3 nitrogen and oxygen atoms in total. The maximum Gasteiger partial charge on any atom is 0.233 e. The van der Waals surface area contributed by atoms with E-state index in [9.17, 15) is 4.79 Å². The first-order valence-corrected chi connectivity index (χ1v) is 4.18. The predicted molar refractivity (Wildman–Crippen MR) is 51.3 cm³/mol. The number of carbonyl (C=O) groups is 1. The van der Waals surface area contributed by atoms with Crippen LogP contribution in [0.5, 0.6) is 0 Å². The third-order valence-corrected chi connectivity index (χ3v) is 1.50. The van der Waals surface area contributed by atoms with Crippen LogP contribution in [0, 0.1) is 6.92 Å². The molecule has 1 radical (unpaired) electrons. The Morgan fingerprint density at radius 3 is 2.71 bits per heavy atom. The molecule has 1 amide bonds. The van der Waals surface area contributed by atoms with Gasteiger partial charge in [0.25, 0.3) is 0 Å². The Kier molecular flexibility index (Phi) is 5.97. The number of pyridine rings is 1. The van der Waals surface area contributed by atoms with Crippen LogP contribution >= 0.6 is 0 Å². The van der Waals surface area contributed by atoms with Gasteiger partial charge < -0.3 is 5.32 Å². The quantitative estimate of drug-likeness (QED) is 0.822. The van der Waals surface area contributed by atoms with Crippen molar-refractivity contribution >= 4 is 5.91 Å². The number of hydrogen-bond donors (Lipinski definition) is 1. The zero-order valence-corrected chi connectivity index (χ0v) is 11.3. The Morgan fingerprint density at radius 1 is 1.57 bits per heavy atom. The molecule has 14 heavy (non-hydrogen) atoms. The summed E-state index contributed by atoms with van der Waals surface area (Å²) < 4.78 is 0. The second-order valence-corrected chi connectivity index (χ2v) is 3.16. The van der Waals surface area contributed by atoms with Crippen molar-refractivity contribution in [3.63, 3.8) is 0 Å². The molecule has 0 fully saturated rings. The average Bonchev–Trinajstić information content (AvgIpc) is 2.03. The fraction of sp³-hybridized carbons (Fsp3) is 0.300. The Morgan fingerprint density at radius 2 is 2.21 bits per heavy atom. The molecule has 1 rings (SSSR count). The van der Waals surface area contributed by atoms with E-state index in [0.717, 1.165) is 0 Å². The van der Waals surface area contributed by atoms with Crippen LogP contribution in [-0.4, -0.2) is 16.9 Å². The summed E-state index contributed by atoms with van der Waals surface area (Å²) in [6.45, 7) is 7.49. The van der Waals surface area contributed by atoms with E-state index in [4.69, 9.17) is 0 Å². The Bertz CT molecular complexity index is 313. The number of carbonyl (C=O) groups excluding carboxylic acids is 1. The molecule has 0 spiro atoms. The number of amides is 1. The third kappa shape index (κ3) is 4.20. The van der Waals surface area contributed by atoms with Crippen LogP contribution in [0.3, 0.4) is 0 Å². The zero-order valence-electron chi connectivity index (χ0n) is 8.45. The number of nitrogens with zero attached hydrogens (tertiary/aromatic N) is 1. The first-order valence-electron chi connectivity index (χ1n) is 4.18. The van der Waals surface area contributed by atoms with Crippen LogP contribution in [-0.2, 0) is 32.7 Å². The van der Waals surface area contributed by atoms with Crippen molar-refractivity contribution in [3.05, 3.63) is 36.5 Å². The Labute approximate surface area is 110 Å². The molecular weight excluding hydrogens is 253 g/mol. The Hall–Kier alpha value is -0.406. The first kappa shape index (κ1) is 13.6. The van der Waals surface area contributed by atoms with Gasteiger partial charge in [-0.3, -0.25) is 9.78 Å². The predicted octanol–water partition coefficient (Wildman–Crippen LogP) is 1.40. The second kappa shape index (κ2) is 6.15. The van der Waals surface area contributed by atoms with Gasteiger partial charge in [0.2, 0.25) is 5.91 Å². The number of rotatable bonds is 2. The van der Waals surface area contributed by atoms with Crippen LogP contribution in [0.1, 0.15) is 29.9 Å². The van der Waals surface area contributed by atoms with E-state index >= 15 is 0 Å². The summed E-state index contributed by atoms with van der Waals surface area (Å²) in [5.74, 6) is -0.0812. The van der Waals surface area contributed by atoms with Gasteiger partial charge in [-0.25, -0.2) is 6.92 Å². The van der Waals surface area contributed by atoms with Crippen molar-refractivity contribution in [3.8, 4) is 0 Å². The molecule has 1 heterocycles. The van der Waals surface area contributed by atoms with E-state index in [2.05, 4.69) is 17.2 Å². The van der Waals surface area contributed by atoms with Crippen molar-refractivity contribution in [1.82, 2.24) is 10.3 Å². The van der Waals surface area contributed by atoms with Gasteiger partial charge in [-0.1, -0.05) is 0 Å². The van der Waals surface area contributed by atoms with Crippen molar-refractivity contribution in [2.45, 2.75) is 19.9 Å². The van der Waals surface area contributed by atoms with Gasteiger partial charge in [0.05, 0.1) is 0 Å². The summed E-state index contributed by atoms with van der Waals surface area (Å²) in [4.78, 5) is 15.4. The van der Waals surface area contributed by atoms with E-state index < -0.39 is 0 Å². The zero-order chi connectivity index (χ0) is 9.84. The second-order valence-electron chi connectivity index (χ2n) is 3.16. The van der Waals surface area contributed by atoms with Gasteiger partial charge >= 0.3 is 0 Å². The minimum absolute atomic E-state index is 0. The van der Waals surface area contributed by atoms with Gasteiger partial charge in [0, 0.05) is 44.9 Å². The van der Waals surface area contributed by atoms with Crippen LogP contribution in [0.25, 0.3) is 0 Å². The number of aromatic nitrogens is 1. The topological polar surface area (TPSA) is 42.0 Å². The van der Waals surface area contributed by atoms with Crippen molar-refractivity contribution in [1.29, 1.82) is 0 Å². The van der Waals surface area contributed by atoms with Gasteiger partial charge in [-0.15, -0.1) is 5.69 Å². The monoisotopic (exact) mass is 266 g/mol.